The first-order valence-corrected chi connectivity index (χ1v) is 7.68. The van der Waals surface area contributed by atoms with Crippen molar-refractivity contribution in [1.29, 1.82) is 0 Å². The Hall–Kier alpha value is -2.60. The summed E-state index contributed by atoms with van der Waals surface area (Å²) in [5.41, 5.74) is 2.28. The molecule has 0 saturated carbocycles. The Morgan fingerprint density at radius 1 is 1.18 bits per heavy atom. The summed E-state index contributed by atoms with van der Waals surface area (Å²) in [5, 5.41) is 4.03. The molecule has 0 bridgehead atoms. The van der Waals surface area contributed by atoms with Crippen LogP contribution >= 0.6 is 11.3 Å². The Labute approximate surface area is 132 Å². The molecule has 0 unspecified atom stereocenters. The molecule has 3 rings (SSSR count). The summed E-state index contributed by atoms with van der Waals surface area (Å²) in [6, 6.07) is 7.55. The molecule has 0 fully saturated rings. The summed E-state index contributed by atoms with van der Waals surface area (Å²) in [5.74, 6) is 0.413. The molecule has 0 saturated heterocycles. The molecule has 0 N–H and O–H groups in total. The number of pyridine rings is 1. The Kier molecular flexibility index (Phi) is 4.20. The number of hydrogen-bond acceptors (Lipinski definition) is 5. The second-order valence-corrected chi connectivity index (χ2v) is 5.58. The van der Waals surface area contributed by atoms with Crippen molar-refractivity contribution in [3.8, 4) is 11.5 Å². The number of aromatic nitrogens is 3. The average Bonchev–Trinajstić information content (AvgIpc) is 3.08. The highest BCUT2D eigenvalue weighted by Gasteiger charge is 2.14. The van der Waals surface area contributed by atoms with Crippen molar-refractivity contribution in [2.45, 2.75) is 6.54 Å². The zero-order chi connectivity index (χ0) is 15.4. The summed E-state index contributed by atoms with van der Waals surface area (Å²) in [6.45, 7) is 0.574. The van der Waals surface area contributed by atoms with Crippen LogP contribution in [0.25, 0.3) is 11.5 Å². The maximum atomic E-state index is 12.4. The van der Waals surface area contributed by atoms with Crippen molar-refractivity contribution in [1.82, 2.24) is 19.9 Å². The van der Waals surface area contributed by atoms with Gasteiger partial charge in [0.15, 0.2) is 5.82 Å². The molecular formula is C16H14N4OS. The zero-order valence-corrected chi connectivity index (χ0v) is 12.8. The van der Waals surface area contributed by atoms with Gasteiger partial charge in [0.2, 0.25) is 0 Å². The van der Waals surface area contributed by atoms with Gasteiger partial charge in [-0.25, -0.2) is 9.97 Å². The van der Waals surface area contributed by atoms with Crippen LogP contribution in [0.2, 0.25) is 0 Å². The van der Waals surface area contributed by atoms with Crippen LogP contribution in [0.4, 0.5) is 0 Å². The van der Waals surface area contributed by atoms with Crippen LogP contribution in [0.1, 0.15) is 15.9 Å². The van der Waals surface area contributed by atoms with E-state index < -0.39 is 0 Å². The molecule has 22 heavy (non-hydrogen) atoms. The van der Waals surface area contributed by atoms with E-state index in [0.717, 1.165) is 5.56 Å². The predicted molar refractivity (Wildman–Crippen MR) is 85.4 cm³/mol. The van der Waals surface area contributed by atoms with Gasteiger partial charge in [-0.2, -0.15) is 11.3 Å². The van der Waals surface area contributed by atoms with E-state index in [4.69, 9.17) is 0 Å². The van der Waals surface area contributed by atoms with Crippen LogP contribution in [-0.4, -0.2) is 32.8 Å². The number of amides is 1. The van der Waals surface area contributed by atoms with Gasteiger partial charge in [0.1, 0.15) is 5.69 Å². The lowest BCUT2D eigenvalue weighted by atomic mass is 10.2. The first-order valence-electron chi connectivity index (χ1n) is 6.74. The monoisotopic (exact) mass is 310 g/mol. The normalized spacial score (nSPS) is 10.4. The Bertz CT molecular complexity index is 742. The maximum Gasteiger partial charge on any atom is 0.257 e. The highest BCUT2D eigenvalue weighted by molar-refractivity contribution is 7.07. The van der Waals surface area contributed by atoms with Crippen LogP contribution in [-0.2, 0) is 6.54 Å². The standard InChI is InChI=1S/C16H14N4OS/c1-20(10-12-5-7-22-11-12)16(21)13-8-18-15(19-9-13)14-4-2-3-6-17-14/h2-9,11H,10H2,1H3. The third-order valence-corrected chi connectivity index (χ3v) is 3.87. The van der Waals surface area contributed by atoms with Gasteiger partial charge in [-0.3, -0.25) is 9.78 Å². The minimum absolute atomic E-state index is 0.0984. The summed E-state index contributed by atoms with van der Waals surface area (Å²) in [4.78, 5) is 26.7. The minimum atomic E-state index is -0.0984. The SMILES string of the molecule is CN(Cc1ccsc1)C(=O)c1cnc(-c2ccccn2)nc1. The minimum Gasteiger partial charge on any atom is -0.337 e. The second-order valence-electron chi connectivity index (χ2n) is 4.80. The second kappa shape index (κ2) is 6.44. The molecule has 110 valence electrons. The molecule has 3 aromatic heterocycles. The molecule has 0 aliphatic rings. The fraction of sp³-hybridized carbons (Fsp3) is 0.125. The van der Waals surface area contributed by atoms with Gasteiger partial charge in [-0.1, -0.05) is 6.07 Å². The van der Waals surface area contributed by atoms with Gasteiger partial charge in [0.25, 0.3) is 5.91 Å². The van der Waals surface area contributed by atoms with E-state index in [1.54, 1.807) is 41.9 Å². The van der Waals surface area contributed by atoms with Crippen molar-refractivity contribution in [2.75, 3.05) is 7.05 Å². The number of rotatable bonds is 4. The molecule has 6 heteroatoms. The van der Waals surface area contributed by atoms with Gasteiger partial charge in [-0.15, -0.1) is 0 Å². The fourth-order valence-corrected chi connectivity index (χ4v) is 2.67. The van der Waals surface area contributed by atoms with E-state index >= 15 is 0 Å². The average molecular weight is 310 g/mol. The Morgan fingerprint density at radius 2 is 2.00 bits per heavy atom. The molecule has 0 aliphatic carbocycles. The van der Waals surface area contributed by atoms with E-state index in [2.05, 4.69) is 15.0 Å². The number of carbonyl (C=O) groups is 1. The van der Waals surface area contributed by atoms with Crippen LogP contribution in [0.15, 0.2) is 53.6 Å². The lowest BCUT2D eigenvalue weighted by Gasteiger charge is -2.16. The highest BCUT2D eigenvalue weighted by Crippen LogP contribution is 2.13. The molecule has 3 heterocycles. The molecule has 3 aromatic rings. The topological polar surface area (TPSA) is 59.0 Å². The molecule has 0 radical (unpaired) electrons. The van der Waals surface area contributed by atoms with Crippen molar-refractivity contribution in [3.63, 3.8) is 0 Å². The molecule has 5 nitrogen and oxygen atoms in total. The Balaban J connectivity index is 1.73. The van der Waals surface area contributed by atoms with Crippen LogP contribution in [0.3, 0.4) is 0 Å². The molecule has 0 aromatic carbocycles. The third kappa shape index (κ3) is 3.17. The zero-order valence-electron chi connectivity index (χ0n) is 12.0. The number of carbonyl (C=O) groups excluding carboxylic acids is 1. The van der Waals surface area contributed by atoms with Crippen molar-refractivity contribution >= 4 is 17.2 Å². The van der Waals surface area contributed by atoms with E-state index in [9.17, 15) is 4.79 Å². The quantitative estimate of drug-likeness (QED) is 0.743. The van der Waals surface area contributed by atoms with Gasteiger partial charge in [0.05, 0.1) is 5.56 Å². The van der Waals surface area contributed by atoms with Crippen LogP contribution in [0.5, 0.6) is 0 Å². The van der Waals surface area contributed by atoms with E-state index in [-0.39, 0.29) is 5.91 Å². The van der Waals surface area contributed by atoms with Crippen molar-refractivity contribution in [2.24, 2.45) is 0 Å². The molecule has 0 aliphatic heterocycles. The van der Waals surface area contributed by atoms with Crippen molar-refractivity contribution in [3.05, 3.63) is 64.7 Å². The highest BCUT2D eigenvalue weighted by atomic mass is 32.1. The van der Waals surface area contributed by atoms with Gasteiger partial charge in [0, 0.05) is 32.2 Å². The number of nitrogens with zero attached hydrogens (tertiary/aromatic N) is 4. The predicted octanol–water partition coefficient (Wildman–Crippen LogP) is 2.87. The van der Waals surface area contributed by atoms with E-state index in [1.165, 1.54) is 0 Å². The Morgan fingerprint density at radius 3 is 2.64 bits per heavy atom. The maximum absolute atomic E-state index is 12.4. The summed E-state index contributed by atoms with van der Waals surface area (Å²) >= 11 is 1.62. The van der Waals surface area contributed by atoms with Crippen LogP contribution in [0, 0.1) is 0 Å². The lowest BCUT2D eigenvalue weighted by Crippen LogP contribution is -2.26. The van der Waals surface area contributed by atoms with Crippen molar-refractivity contribution < 1.29 is 4.79 Å². The number of hydrogen-bond donors (Lipinski definition) is 0. The molecule has 0 atom stereocenters. The summed E-state index contributed by atoms with van der Waals surface area (Å²) < 4.78 is 0. The fourth-order valence-electron chi connectivity index (χ4n) is 2.01. The first kappa shape index (κ1) is 14.3. The summed E-state index contributed by atoms with van der Waals surface area (Å²) in [7, 11) is 1.77. The lowest BCUT2D eigenvalue weighted by molar-refractivity contribution is 0.0784. The third-order valence-electron chi connectivity index (χ3n) is 3.14. The summed E-state index contributed by atoms with van der Waals surface area (Å²) in [6.07, 6.45) is 4.78. The van der Waals surface area contributed by atoms with Gasteiger partial charge >= 0.3 is 0 Å². The van der Waals surface area contributed by atoms with Gasteiger partial charge < -0.3 is 4.90 Å². The van der Waals surface area contributed by atoms with E-state index in [0.29, 0.717) is 23.6 Å². The van der Waals surface area contributed by atoms with Gasteiger partial charge in [-0.05, 0) is 34.5 Å². The molecular weight excluding hydrogens is 296 g/mol. The van der Waals surface area contributed by atoms with Crippen LogP contribution < -0.4 is 0 Å². The smallest absolute Gasteiger partial charge is 0.257 e. The largest absolute Gasteiger partial charge is 0.337 e. The molecule has 0 spiro atoms. The molecule has 1 amide bonds. The van der Waals surface area contributed by atoms with E-state index in [1.807, 2.05) is 35.0 Å². The first-order chi connectivity index (χ1) is 10.7. The number of thiophene rings is 1.